The van der Waals surface area contributed by atoms with E-state index in [-0.39, 0.29) is 0 Å². The maximum absolute atomic E-state index is 2.40. The molecule has 0 heterocycles. The molecule has 3 aromatic carbocycles. The molecule has 0 amide bonds. The highest BCUT2D eigenvalue weighted by Crippen LogP contribution is 2.40. The minimum atomic E-state index is 0.562. The summed E-state index contributed by atoms with van der Waals surface area (Å²) < 4.78 is 0. The predicted octanol–water partition coefficient (Wildman–Crippen LogP) is 8.98. The summed E-state index contributed by atoms with van der Waals surface area (Å²) in [5, 5.41) is 0. The summed E-state index contributed by atoms with van der Waals surface area (Å²) in [6.45, 7) is 4.43. The van der Waals surface area contributed by atoms with Gasteiger partial charge in [-0.15, -0.1) is 0 Å². The molecule has 0 nitrogen and oxygen atoms in total. The van der Waals surface area contributed by atoms with E-state index < -0.39 is 0 Å². The number of benzene rings is 3. The first-order valence-electron chi connectivity index (χ1n) is 12.6. The lowest BCUT2D eigenvalue weighted by atomic mass is 9.76. The third kappa shape index (κ3) is 6.00. The molecular weight excluding hydrogens is 384 g/mol. The number of allylic oxidation sites excluding steroid dienone is 2. The summed E-state index contributed by atoms with van der Waals surface area (Å²) >= 11 is 0. The van der Waals surface area contributed by atoms with Gasteiger partial charge in [0.2, 0.25) is 0 Å². The van der Waals surface area contributed by atoms with Crippen molar-refractivity contribution in [2.24, 2.45) is 0 Å². The minimum absolute atomic E-state index is 0.562. The van der Waals surface area contributed by atoms with Gasteiger partial charge >= 0.3 is 0 Å². The van der Waals surface area contributed by atoms with E-state index in [1.165, 1.54) is 42.4 Å². The molecule has 0 saturated heterocycles. The highest BCUT2D eigenvalue weighted by molar-refractivity contribution is 5.30. The van der Waals surface area contributed by atoms with Crippen LogP contribution in [0.4, 0.5) is 0 Å². The van der Waals surface area contributed by atoms with Crippen molar-refractivity contribution in [3.63, 3.8) is 0 Å². The second kappa shape index (κ2) is 11.3. The molecule has 0 bridgehead atoms. The maximum Gasteiger partial charge on any atom is -0.0150 e. The van der Waals surface area contributed by atoms with E-state index in [4.69, 9.17) is 0 Å². The van der Waals surface area contributed by atoms with Gasteiger partial charge in [0.05, 0.1) is 0 Å². The van der Waals surface area contributed by atoms with Crippen LogP contribution in [-0.4, -0.2) is 0 Å². The topological polar surface area (TPSA) is 0 Å². The van der Waals surface area contributed by atoms with E-state index in [9.17, 15) is 0 Å². The molecular formula is C32H38. The van der Waals surface area contributed by atoms with Gasteiger partial charge in [-0.1, -0.05) is 97.9 Å². The molecule has 4 rings (SSSR count). The fourth-order valence-corrected chi connectivity index (χ4v) is 5.31. The minimum Gasteiger partial charge on any atom is -0.0917 e. The summed E-state index contributed by atoms with van der Waals surface area (Å²) in [5.74, 6) is 2.03. The Labute approximate surface area is 195 Å². The van der Waals surface area contributed by atoms with Crippen molar-refractivity contribution < 1.29 is 0 Å². The lowest BCUT2D eigenvalue weighted by molar-refractivity contribution is 0.396. The Hall–Kier alpha value is -2.60. The molecule has 0 spiro atoms. The first-order chi connectivity index (χ1) is 15.7. The summed E-state index contributed by atoms with van der Waals surface area (Å²) in [4.78, 5) is 0. The Balaban J connectivity index is 1.28. The van der Waals surface area contributed by atoms with E-state index in [1.807, 2.05) is 0 Å². The third-order valence-electron chi connectivity index (χ3n) is 7.38. The lowest BCUT2D eigenvalue weighted by Crippen LogP contribution is -2.12. The normalized spacial score (nSPS) is 19.8. The van der Waals surface area contributed by atoms with Gasteiger partial charge in [0.1, 0.15) is 0 Å². The fourth-order valence-electron chi connectivity index (χ4n) is 5.31. The third-order valence-corrected chi connectivity index (χ3v) is 7.38. The van der Waals surface area contributed by atoms with Crippen LogP contribution in [0, 0.1) is 0 Å². The van der Waals surface area contributed by atoms with Gasteiger partial charge in [-0.25, -0.2) is 0 Å². The van der Waals surface area contributed by atoms with Gasteiger partial charge in [-0.05, 0) is 97.4 Å². The van der Waals surface area contributed by atoms with Gasteiger partial charge in [0, 0.05) is 0 Å². The highest BCUT2D eigenvalue weighted by atomic mass is 14.3. The highest BCUT2D eigenvalue weighted by Gasteiger charge is 2.23. The van der Waals surface area contributed by atoms with Crippen LogP contribution < -0.4 is 0 Å². The van der Waals surface area contributed by atoms with Crippen LogP contribution in [0.1, 0.15) is 91.5 Å². The van der Waals surface area contributed by atoms with E-state index in [0.29, 0.717) is 5.92 Å². The summed E-state index contributed by atoms with van der Waals surface area (Å²) in [7, 11) is 0. The zero-order valence-corrected chi connectivity index (χ0v) is 19.8. The number of hydrogen-bond donors (Lipinski definition) is 0. The van der Waals surface area contributed by atoms with E-state index in [1.54, 1.807) is 11.1 Å². The second-order valence-electron chi connectivity index (χ2n) is 9.66. The molecule has 0 aromatic heterocycles. The predicted molar refractivity (Wildman–Crippen MR) is 139 cm³/mol. The van der Waals surface area contributed by atoms with E-state index in [0.717, 1.165) is 31.1 Å². The Morgan fingerprint density at radius 3 is 1.78 bits per heavy atom. The molecule has 0 radical (unpaired) electrons. The van der Waals surface area contributed by atoms with Crippen LogP contribution in [0.5, 0.6) is 0 Å². The summed E-state index contributed by atoms with van der Waals surface area (Å²) in [5.41, 5.74) is 7.43. The average molecular weight is 423 g/mol. The maximum atomic E-state index is 2.40. The molecule has 1 unspecified atom stereocenters. The SMILES string of the molecule is C/C=C/CCc1ccc(C2CCC(c3ccc(CC(C)c4ccccc4)cc3)CC2)cc1. The molecule has 1 aliphatic rings. The van der Waals surface area contributed by atoms with E-state index >= 15 is 0 Å². The molecule has 1 fully saturated rings. The molecule has 1 aliphatic carbocycles. The average Bonchev–Trinajstić information content (AvgIpc) is 2.86. The van der Waals surface area contributed by atoms with Crippen molar-refractivity contribution in [2.45, 2.75) is 76.5 Å². The first kappa shape index (κ1) is 22.6. The van der Waals surface area contributed by atoms with Gasteiger partial charge < -0.3 is 0 Å². The van der Waals surface area contributed by atoms with Gasteiger partial charge in [0.15, 0.2) is 0 Å². The van der Waals surface area contributed by atoms with Crippen LogP contribution in [0.25, 0.3) is 0 Å². The Morgan fingerprint density at radius 2 is 1.25 bits per heavy atom. The second-order valence-corrected chi connectivity index (χ2v) is 9.66. The van der Waals surface area contributed by atoms with Crippen LogP contribution in [0.15, 0.2) is 91.0 Å². The van der Waals surface area contributed by atoms with Crippen molar-refractivity contribution in [1.29, 1.82) is 0 Å². The Morgan fingerprint density at radius 1 is 0.719 bits per heavy atom. The van der Waals surface area contributed by atoms with Gasteiger partial charge in [-0.3, -0.25) is 0 Å². The monoisotopic (exact) mass is 422 g/mol. The van der Waals surface area contributed by atoms with Crippen LogP contribution in [0.2, 0.25) is 0 Å². The zero-order chi connectivity index (χ0) is 22.2. The molecule has 0 N–H and O–H groups in total. The molecule has 0 aliphatic heterocycles. The van der Waals surface area contributed by atoms with E-state index in [2.05, 4.69) is 105 Å². The largest absolute Gasteiger partial charge is 0.0917 e. The van der Waals surface area contributed by atoms with Crippen molar-refractivity contribution >= 4 is 0 Å². The lowest BCUT2D eigenvalue weighted by Gasteiger charge is -2.29. The van der Waals surface area contributed by atoms with Gasteiger partial charge in [0.25, 0.3) is 0 Å². The van der Waals surface area contributed by atoms with Gasteiger partial charge in [-0.2, -0.15) is 0 Å². The number of rotatable bonds is 8. The van der Waals surface area contributed by atoms with Crippen molar-refractivity contribution in [3.8, 4) is 0 Å². The molecule has 1 saturated carbocycles. The smallest absolute Gasteiger partial charge is 0.0150 e. The first-order valence-corrected chi connectivity index (χ1v) is 12.6. The molecule has 1 atom stereocenters. The fraction of sp³-hybridized carbons (Fsp3) is 0.375. The quantitative estimate of drug-likeness (QED) is 0.318. The van der Waals surface area contributed by atoms with Crippen LogP contribution in [-0.2, 0) is 12.8 Å². The zero-order valence-electron chi connectivity index (χ0n) is 19.8. The van der Waals surface area contributed by atoms with Crippen molar-refractivity contribution in [3.05, 3.63) is 119 Å². The van der Waals surface area contributed by atoms with Crippen LogP contribution in [0.3, 0.4) is 0 Å². The Kier molecular flexibility index (Phi) is 7.99. The van der Waals surface area contributed by atoms with Crippen LogP contribution >= 0.6 is 0 Å². The molecule has 166 valence electrons. The van der Waals surface area contributed by atoms with Crippen molar-refractivity contribution in [1.82, 2.24) is 0 Å². The number of aryl methyl sites for hydroxylation is 1. The summed E-state index contributed by atoms with van der Waals surface area (Å²) in [6.07, 6.45) is 13.1. The number of hydrogen-bond acceptors (Lipinski definition) is 0. The molecule has 32 heavy (non-hydrogen) atoms. The molecule has 0 heteroatoms. The standard InChI is InChI=1S/C32H38/c1-3-4-6-9-26-12-16-29(17-13-26)31-20-22-32(23-21-31)30-18-14-27(15-19-30)24-25(2)28-10-7-5-8-11-28/h3-5,7-8,10-19,25,31-32H,6,9,20-24H2,1-2H3/b4-3+. The molecule has 3 aromatic rings. The Bertz CT molecular complexity index is 955. The van der Waals surface area contributed by atoms with Crippen molar-refractivity contribution in [2.75, 3.05) is 0 Å². The summed E-state index contributed by atoms with van der Waals surface area (Å²) in [6, 6.07) is 29.9.